The Morgan fingerprint density at radius 2 is 1.72 bits per heavy atom. The van der Waals surface area contributed by atoms with Crippen LogP contribution in [-0.4, -0.2) is 30.5 Å². The summed E-state index contributed by atoms with van der Waals surface area (Å²) in [6, 6.07) is 20.0. The first-order valence-electron chi connectivity index (χ1n) is 8.46. The van der Waals surface area contributed by atoms with Gasteiger partial charge in [-0.05, 0) is 23.2 Å². The van der Waals surface area contributed by atoms with E-state index in [1.165, 1.54) is 0 Å². The third kappa shape index (κ3) is 4.94. The van der Waals surface area contributed by atoms with Crippen LogP contribution in [0.25, 0.3) is 5.57 Å². The highest BCUT2D eigenvalue weighted by Crippen LogP contribution is 2.29. The second-order valence-corrected chi connectivity index (χ2v) is 6.02. The van der Waals surface area contributed by atoms with E-state index >= 15 is 0 Å². The molecule has 0 bridgehead atoms. The van der Waals surface area contributed by atoms with Crippen LogP contribution in [0, 0.1) is 5.92 Å². The summed E-state index contributed by atoms with van der Waals surface area (Å²) in [4.78, 5) is 15.0. The first-order valence-corrected chi connectivity index (χ1v) is 8.46. The maximum Gasteiger partial charge on any atom is 0.315 e. The molecule has 2 aromatic carbocycles. The van der Waals surface area contributed by atoms with Gasteiger partial charge in [0.05, 0.1) is 5.92 Å². The van der Waals surface area contributed by atoms with E-state index < -0.39 is 0 Å². The van der Waals surface area contributed by atoms with E-state index in [0.717, 1.165) is 29.8 Å². The van der Waals surface area contributed by atoms with Crippen LogP contribution in [-0.2, 0) is 16.1 Å². The number of likely N-dealkylation sites (N-methyl/N-ethyl adjacent to an activating group) is 1. The number of esters is 1. The average molecular weight is 358 g/mol. The van der Waals surface area contributed by atoms with E-state index in [1.54, 1.807) is 0 Å². The van der Waals surface area contributed by atoms with Crippen LogP contribution in [0.2, 0.25) is 0 Å². The quantitative estimate of drug-likeness (QED) is 0.751. The number of rotatable bonds is 5. The average Bonchev–Trinajstić information content (AvgIpc) is 2.67. The molecule has 1 aliphatic heterocycles. The van der Waals surface area contributed by atoms with Crippen LogP contribution >= 0.6 is 12.4 Å². The minimum Gasteiger partial charge on any atom is -0.460 e. The summed E-state index contributed by atoms with van der Waals surface area (Å²) in [5.74, 6) is -0.378. The van der Waals surface area contributed by atoms with Crippen molar-refractivity contribution in [3.8, 4) is 0 Å². The first kappa shape index (κ1) is 19.2. The van der Waals surface area contributed by atoms with Gasteiger partial charge in [-0.3, -0.25) is 9.69 Å². The summed E-state index contributed by atoms with van der Waals surface area (Å²) in [6.45, 7) is 4.97. The van der Waals surface area contributed by atoms with Gasteiger partial charge in [-0.2, -0.15) is 0 Å². The van der Waals surface area contributed by atoms with Crippen molar-refractivity contribution in [2.75, 3.05) is 19.6 Å². The monoisotopic (exact) mass is 357 g/mol. The van der Waals surface area contributed by atoms with Gasteiger partial charge in [-0.1, -0.05) is 73.7 Å². The van der Waals surface area contributed by atoms with Gasteiger partial charge in [0.2, 0.25) is 0 Å². The molecule has 0 fully saturated rings. The minimum absolute atomic E-state index is 0. The molecule has 132 valence electrons. The minimum atomic E-state index is -0.232. The van der Waals surface area contributed by atoms with E-state index in [4.69, 9.17) is 4.74 Å². The van der Waals surface area contributed by atoms with Crippen molar-refractivity contribution in [1.29, 1.82) is 0 Å². The van der Waals surface area contributed by atoms with Gasteiger partial charge in [0.25, 0.3) is 0 Å². The van der Waals surface area contributed by atoms with E-state index in [-0.39, 0.29) is 24.3 Å². The predicted molar refractivity (Wildman–Crippen MR) is 104 cm³/mol. The molecular formula is C21H24ClNO2. The number of nitrogens with zero attached hydrogens (tertiary/aromatic N) is 1. The molecule has 2 aromatic rings. The molecule has 4 heteroatoms. The van der Waals surface area contributed by atoms with Crippen LogP contribution in [0.15, 0.2) is 66.7 Å². The Morgan fingerprint density at radius 1 is 1.08 bits per heavy atom. The van der Waals surface area contributed by atoms with Gasteiger partial charge in [-0.15, -0.1) is 12.4 Å². The van der Waals surface area contributed by atoms with Crippen LogP contribution in [0.5, 0.6) is 0 Å². The van der Waals surface area contributed by atoms with Gasteiger partial charge in [0.15, 0.2) is 0 Å². The van der Waals surface area contributed by atoms with Crippen molar-refractivity contribution < 1.29 is 9.53 Å². The van der Waals surface area contributed by atoms with Gasteiger partial charge in [0, 0.05) is 13.1 Å². The molecule has 0 aromatic heterocycles. The van der Waals surface area contributed by atoms with Gasteiger partial charge < -0.3 is 4.74 Å². The van der Waals surface area contributed by atoms with E-state index in [0.29, 0.717) is 13.2 Å². The van der Waals surface area contributed by atoms with Crippen molar-refractivity contribution >= 4 is 23.9 Å². The second-order valence-electron chi connectivity index (χ2n) is 6.02. The van der Waals surface area contributed by atoms with Crippen molar-refractivity contribution in [2.45, 2.75) is 13.5 Å². The van der Waals surface area contributed by atoms with Crippen LogP contribution in [0.4, 0.5) is 0 Å². The summed E-state index contributed by atoms with van der Waals surface area (Å²) in [6.07, 6.45) is 2.16. The fourth-order valence-corrected chi connectivity index (χ4v) is 3.04. The molecule has 1 unspecified atom stereocenters. The maximum absolute atomic E-state index is 12.7. The van der Waals surface area contributed by atoms with Crippen LogP contribution in [0.3, 0.4) is 0 Å². The Morgan fingerprint density at radius 3 is 2.36 bits per heavy atom. The van der Waals surface area contributed by atoms with Crippen LogP contribution < -0.4 is 0 Å². The lowest BCUT2D eigenvalue weighted by Gasteiger charge is -2.31. The molecule has 0 radical (unpaired) electrons. The van der Waals surface area contributed by atoms with Crippen molar-refractivity contribution in [1.82, 2.24) is 4.90 Å². The Bertz CT molecular complexity index is 700. The van der Waals surface area contributed by atoms with Crippen LogP contribution in [0.1, 0.15) is 18.1 Å². The molecule has 3 nitrogen and oxygen atoms in total. The number of hydrogen-bond donors (Lipinski definition) is 0. The Balaban J connectivity index is 0.00000225. The summed E-state index contributed by atoms with van der Waals surface area (Å²) in [7, 11) is 0. The SMILES string of the molecule is CCN1CC=C(c2ccccc2)C(C(=O)OCc2ccccc2)C1.Cl. The lowest BCUT2D eigenvalue weighted by atomic mass is 9.89. The van der Waals surface area contributed by atoms with Gasteiger partial charge >= 0.3 is 5.97 Å². The number of carbonyl (C=O) groups excluding carboxylic acids is 1. The zero-order valence-corrected chi connectivity index (χ0v) is 15.2. The van der Waals surface area contributed by atoms with Crippen molar-refractivity contribution in [3.63, 3.8) is 0 Å². The standard InChI is InChI=1S/C21H23NO2.ClH/c1-2-22-14-13-19(18-11-7-4-8-12-18)20(15-22)21(23)24-16-17-9-5-3-6-10-17;/h3-13,20H,2,14-16H2,1H3;1H. The Labute approximate surface area is 155 Å². The van der Waals surface area contributed by atoms with E-state index in [9.17, 15) is 4.79 Å². The van der Waals surface area contributed by atoms with Gasteiger partial charge in [-0.25, -0.2) is 0 Å². The lowest BCUT2D eigenvalue weighted by Crippen LogP contribution is -2.38. The lowest BCUT2D eigenvalue weighted by molar-refractivity contribution is -0.148. The highest BCUT2D eigenvalue weighted by atomic mass is 35.5. The topological polar surface area (TPSA) is 29.5 Å². The summed E-state index contributed by atoms with van der Waals surface area (Å²) < 4.78 is 5.61. The molecule has 0 N–H and O–H groups in total. The third-order valence-electron chi connectivity index (χ3n) is 4.45. The van der Waals surface area contributed by atoms with Gasteiger partial charge in [0.1, 0.15) is 6.61 Å². The van der Waals surface area contributed by atoms with E-state index in [1.807, 2.05) is 48.5 Å². The molecule has 1 heterocycles. The maximum atomic E-state index is 12.7. The number of benzene rings is 2. The molecule has 25 heavy (non-hydrogen) atoms. The molecule has 0 saturated heterocycles. The Kier molecular flexibility index (Phi) is 7.23. The molecule has 1 atom stereocenters. The zero-order valence-electron chi connectivity index (χ0n) is 14.4. The molecule has 3 rings (SSSR count). The van der Waals surface area contributed by atoms with Crippen molar-refractivity contribution in [2.24, 2.45) is 5.92 Å². The number of halogens is 1. The molecular weight excluding hydrogens is 334 g/mol. The largest absolute Gasteiger partial charge is 0.460 e. The smallest absolute Gasteiger partial charge is 0.315 e. The number of hydrogen-bond acceptors (Lipinski definition) is 3. The molecule has 0 aliphatic carbocycles. The Hall–Kier alpha value is -2.10. The normalized spacial score (nSPS) is 17.3. The molecule has 0 spiro atoms. The summed E-state index contributed by atoms with van der Waals surface area (Å²) in [5, 5.41) is 0. The highest BCUT2D eigenvalue weighted by molar-refractivity contribution is 5.89. The predicted octanol–water partition coefficient (Wildman–Crippen LogP) is 4.19. The third-order valence-corrected chi connectivity index (χ3v) is 4.45. The highest BCUT2D eigenvalue weighted by Gasteiger charge is 2.30. The first-order chi connectivity index (χ1) is 11.8. The fourth-order valence-electron chi connectivity index (χ4n) is 3.04. The molecule has 1 aliphatic rings. The number of carbonyl (C=O) groups is 1. The second kappa shape index (κ2) is 9.40. The fraction of sp³-hybridized carbons (Fsp3) is 0.286. The molecule has 0 saturated carbocycles. The number of ether oxygens (including phenoxy) is 1. The summed E-state index contributed by atoms with van der Waals surface area (Å²) in [5.41, 5.74) is 3.20. The zero-order chi connectivity index (χ0) is 16.8. The van der Waals surface area contributed by atoms with E-state index in [2.05, 4.69) is 30.0 Å². The molecule has 0 amide bonds. The summed E-state index contributed by atoms with van der Waals surface area (Å²) >= 11 is 0. The van der Waals surface area contributed by atoms with Crippen molar-refractivity contribution in [3.05, 3.63) is 77.9 Å².